The van der Waals surface area contributed by atoms with Crippen molar-refractivity contribution < 1.29 is 14.3 Å². The van der Waals surface area contributed by atoms with Crippen LogP contribution in [0.25, 0.3) is 0 Å². The lowest BCUT2D eigenvalue weighted by atomic mass is 10.0. The third-order valence-corrected chi connectivity index (χ3v) is 4.23. The third kappa shape index (κ3) is 4.73. The van der Waals surface area contributed by atoms with Crippen LogP contribution in [0, 0.1) is 0 Å². The molecule has 2 rings (SSSR count). The van der Waals surface area contributed by atoms with Gasteiger partial charge in [-0.2, -0.15) is 0 Å². The topological polar surface area (TPSA) is 55.4 Å². The number of ether oxygens (including phenoxy) is 1. The summed E-state index contributed by atoms with van der Waals surface area (Å²) in [6.45, 7) is 3.20. The Labute approximate surface area is 150 Å². The molecule has 0 radical (unpaired) electrons. The first kappa shape index (κ1) is 18.3. The van der Waals surface area contributed by atoms with E-state index in [4.69, 9.17) is 27.9 Å². The maximum Gasteiger partial charge on any atom is 0.217 e. The van der Waals surface area contributed by atoms with Crippen LogP contribution in [-0.4, -0.2) is 18.3 Å². The molecular weight excluding hydrogens is 349 g/mol. The number of hydrogen-bond acceptors (Lipinski definition) is 3. The number of amides is 1. The van der Waals surface area contributed by atoms with E-state index in [2.05, 4.69) is 5.32 Å². The zero-order valence-corrected chi connectivity index (χ0v) is 14.8. The van der Waals surface area contributed by atoms with Gasteiger partial charge in [-0.25, -0.2) is 0 Å². The van der Waals surface area contributed by atoms with E-state index in [1.54, 1.807) is 42.5 Å². The number of benzene rings is 2. The quantitative estimate of drug-likeness (QED) is 0.769. The Morgan fingerprint density at radius 1 is 1.12 bits per heavy atom. The van der Waals surface area contributed by atoms with Crippen molar-refractivity contribution in [3.63, 3.8) is 0 Å². The van der Waals surface area contributed by atoms with Crippen molar-refractivity contribution in [2.45, 2.75) is 19.9 Å². The van der Waals surface area contributed by atoms with Gasteiger partial charge in [-0.1, -0.05) is 53.5 Å². The fourth-order valence-corrected chi connectivity index (χ4v) is 2.51. The zero-order valence-electron chi connectivity index (χ0n) is 13.3. The normalized spacial score (nSPS) is 11.7. The molecule has 1 amide bonds. The molecule has 2 aromatic carbocycles. The van der Waals surface area contributed by atoms with Gasteiger partial charge in [0.2, 0.25) is 5.91 Å². The maximum atomic E-state index is 12.2. The first-order valence-electron chi connectivity index (χ1n) is 7.35. The monoisotopic (exact) mass is 365 g/mol. The number of ketones is 1. The van der Waals surface area contributed by atoms with Crippen molar-refractivity contribution in [1.29, 1.82) is 0 Å². The van der Waals surface area contributed by atoms with E-state index in [-0.39, 0.29) is 29.4 Å². The van der Waals surface area contributed by atoms with Gasteiger partial charge < -0.3 is 10.1 Å². The molecule has 1 N–H and O–H groups in total. The number of carbonyl (C=O) groups excluding carboxylic acids is 2. The van der Waals surface area contributed by atoms with Crippen molar-refractivity contribution in [2.75, 3.05) is 6.61 Å². The first-order valence-corrected chi connectivity index (χ1v) is 8.11. The van der Waals surface area contributed by atoms with Crippen LogP contribution in [0.1, 0.15) is 35.8 Å². The molecule has 0 bridgehead atoms. The van der Waals surface area contributed by atoms with Crippen LogP contribution in [0.5, 0.6) is 5.75 Å². The van der Waals surface area contributed by atoms with Gasteiger partial charge in [0.1, 0.15) is 10.8 Å². The highest BCUT2D eigenvalue weighted by Gasteiger charge is 2.12. The van der Waals surface area contributed by atoms with Crippen LogP contribution in [-0.2, 0) is 4.79 Å². The predicted molar refractivity (Wildman–Crippen MR) is 95.0 cm³/mol. The Bertz CT molecular complexity index is 744. The summed E-state index contributed by atoms with van der Waals surface area (Å²) in [5, 5.41) is 3.45. The molecule has 2 aromatic rings. The largest absolute Gasteiger partial charge is 0.484 e. The Hall–Kier alpha value is -2.04. The molecule has 126 valence electrons. The summed E-state index contributed by atoms with van der Waals surface area (Å²) < 4.78 is 5.44. The minimum atomic E-state index is -0.176. The molecule has 1 atom stereocenters. The summed E-state index contributed by atoms with van der Waals surface area (Å²) in [4.78, 5) is 23.3. The van der Waals surface area contributed by atoms with E-state index in [9.17, 15) is 9.59 Å². The second kappa shape index (κ2) is 8.18. The minimum absolute atomic E-state index is 0.102. The van der Waals surface area contributed by atoms with Gasteiger partial charge in [0, 0.05) is 12.5 Å². The number of carbonyl (C=O) groups is 2. The van der Waals surface area contributed by atoms with Crippen LogP contribution >= 0.6 is 23.2 Å². The van der Waals surface area contributed by atoms with Gasteiger partial charge in [-0.3, -0.25) is 9.59 Å². The highest BCUT2D eigenvalue weighted by Crippen LogP contribution is 2.31. The number of halogens is 2. The Morgan fingerprint density at radius 3 is 2.42 bits per heavy atom. The van der Waals surface area contributed by atoms with Crippen molar-refractivity contribution in [2.24, 2.45) is 0 Å². The number of hydrogen-bond donors (Lipinski definition) is 1. The Morgan fingerprint density at radius 2 is 1.79 bits per heavy atom. The molecule has 0 heterocycles. The lowest BCUT2D eigenvalue weighted by molar-refractivity contribution is -0.119. The smallest absolute Gasteiger partial charge is 0.217 e. The van der Waals surface area contributed by atoms with Gasteiger partial charge >= 0.3 is 0 Å². The molecule has 0 saturated carbocycles. The first-order chi connectivity index (χ1) is 11.4. The second-order valence-electron chi connectivity index (χ2n) is 5.31. The molecule has 0 aromatic heterocycles. The van der Waals surface area contributed by atoms with Crippen molar-refractivity contribution in [3.05, 3.63) is 63.6 Å². The second-order valence-corrected chi connectivity index (χ2v) is 6.09. The summed E-state index contributed by atoms with van der Waals surface area (Å²) in [6, 6.07) is 11.9. The van der Waals surface area contributed by atoms with E-state index in [0.29, 0.717) is 16.3 Å². The molecule has 0 spiro atoms. The fourth-order valence-electron chi connectivity index (χ4n) is 2.17. The summed E-state index contributed by atoms with van der Waals surface area (Å²) in [5.41, 5.74) is 1.44. The number of Topliss-reactive ketones (excluding diaryl/α,β-unsaturated/α-hetero) is 1. The van der Waals surface area contributed by atoms with Gasteiger partial charge in [-0.15, -0.1) is 0 Å². The molecule has 0 fully saturated rings. The SMILES string of the molecule is CC(=O)NC(C)c1ccc(C(=O)COc2cccc(Cl)c2Cl)cc1. The Balaban J connectivity index is 2.00. The van der Waals surface area contributed by atoms with Crippen LogP contribution < -0.4 is 10.1 Å². The molecule has 0 saturated heterocycles. The van der Waals surface area contributed by atoms with Gasteiger partial charge in [-0.05, 0) is 24.6 Å². The average molecular weight is 366 g/mol. The van der Waals surface area contributed by atoms with E-state index < -0.39 is 0 Å². The highest BCUT2D eigenvalue weighted by molar-refractivity contribution is 6.42. The molecule has 4 nitrogen and oxygen atoms in total. The molecule has 0 aliphatic carbocycles. The van der Waals surface area contributed by atoms with Gasteiger partial charge in [0.15, 0.2) is 12.4 Å². The lowest BCUT2D eigenvalue weighted by Crippen LogP contribution is -2.23. The summed E-state index contributed by atoms with van der Waals surface area (Å²) >= 11 is 11.9. The van der Waals surface area contributed by atoms with Crippen LogP contribution in [0.4, 0.5) is 0 Å². The van der Waals surface area contributed by atoms with E-state index in [0.717, 1.165) is 5.56 Å². The van der Waals surface area contributed by atoms with Crippen LogP contribution in [0.2, 0.25) is 10.0 Å². The molecule has 1 unspecified atom stereocenters. The molecule has 0 aliphatic rings. The van der Waals surface area contributed by atoms with Crippen molar-refractivity contribution in [1.82, 2.24) is 5.32 Å². The maximum absolute atomic E-state index is 12.2. The highest BCUT2D eigenvalue weighted by atomic mass is 35.5. The fraction of sp³-hybridized carbons (Fsp3) is 0.222. The van der Waals surface area contributed by atoms with Gasteiger partial charge in [0.25, 0.3) is 0 Å². The van der Waals surface area contributed by atoms with Gasteiger partial charge in [0.05, 0.1) is 11.1 Å². The van der Waals surface area contributed by atoms with E-state index >= 15 is 0 Å². The molecule has 0 aliphatic heterocycles. The van der Waals surface area contributed by atoms with Crippen molar-refractivity contribution >= 4 is 34.9 Å². The lowest BCUT2D eigenvalue weighted by Gasteiger charge is -2.13. The predicted octanol–water partition coefficient (Wildman–Crippen LogP) is 4.45. The number of nitrogens with one attached hydrogen (secondary N) is 1. The standard InChI is InChI=1S/C18H17Cl2NO3/c1-11(21-12(2)22)13-6-8-14(9-7-13)16(23)10-24-17-5-3-4-15(19)18(17)20/h3-9,11H,10H2,1-2H3,(H,21,22). The average Bonchev–Trinajstić information content (AvgIpc) is 2.55. The third-order valence-electron chi connectivity index (χ3n) is 3.43. The van der Waals surface area contributed by atoms with Crippen LogP contribution in [0.3, 0.4) is 0 Å². The molecule has 24 heavy (non-hydrogen) atoms. The van der Waals surface area contributed by atoms with E-state index in [1.165, 1.54) is 6.92 Å². The molecule has 6 heteroatoms. The summed E-state index contributed by atoms with van der Waals surface area (Å²) in [5.74, 6) is 0.0904. The summed E-state index contributed by atoms with van der Waals surface area (Å²) in [7, 11) is 0. The minimum Gasteiger partial charge on any atom is -0.484 e. The van der Waals surface area contributed by atoms with Crippen LogP contribution in [0.15, 0.2) is 42.5 Å². The summed E-state index contributed by atoms with van der Waals surface area (Å²) in [6.07, 6.45) is 0. The van der Waals surface area contributed by atoms with Crippen molar-refractivity contribution in [3.8, 4) is 5.75 Å². The van der Waals surface area contributed by atoms with E-state index in [1.807, 2.05) is 6.92 Å². The Kier molecular flexibility index (Phi) is 6.23. The molecular formula is C18H17Cl2NO3. The number of rotatable bonds is 6. The zero-order chi connectivity index (χ0) is 17.7.